The fourth-order valence-electron chi connectivity index (χ4n) is 2.21. The summed E-state index contributed by atoms with van der Waals surface area (Å²) in [4.78, 5) is 14.3. The maximum Gasteiger partial charge on any atom is 0.327 e. The molecule has 0 fully saturated rings. The van der Waals surface area contributed by atoms with Crippen molar-refractivity contribution >= 4 is 5.97 Å². The molecule has 0 aliphatic rings. The lowest BCUT2D eigenvalue weighted by atomic mass is 10.00. The van der Waals surface area contributed by atoms with E-state index in [0.29, 0.717) is 6.54 Å². The summed E-state index contributed by atoms with van der Waals surface area (Å²) in [5.74, 6) is -0.189. The van der Waals surface area contributed by atoms with Crippen LogP contribution < -0.4 is 5.32 Å². The van der Waals surface area contributed by atoms with Crippen molar-refractivity contribution in [2.75, 3.05) is 26.7 Å². The maximum absolute atomic E-state index is 12.0. The molecule has 4 nitrogen and oxygen atoms in total. The zero-order chi connectivity index (χ0) is 14.2. The number of carbonyl (C=O) groups excluding carboxylic acids is 1. The standard InChI is InChI=1S/C14H30N2O2/c1-7-9-10-16(8-2)11-14(5,13(17)18-6)15-12(3)4/h12,15H,7-11H2,1-6H3. The third-order valence-electron chi connectivity index (χ3n) is 3.06. The van der Waals surface area contributed by atoms with E-state index in [4.69, 9.17) is 4.74 Å². The lowest BCUT2D eigenvalue weighted by molar-refractivity contribution is -0.149. The molecule has 4 heteroatoms. The first-order chi connectivity index (χ1) is 8.39. The summed E-state index contributed by atoms with van der Waals surface area (Å²) < 4.78 is 4.94. The minimum Gasteiger partial charge on any atom is -0.468 e. The highest BCUT2D eigenvalue weighted by atomic mass is 16.5. The number of likely N-dealkylation sites (N-methyl/N-ethyl adjacent to an activating group) is 1. The average Bonchev–Trinajstić information content (AvgIpc) is 2.32. The van der Waals surface area contributed by atoms with Gasteiger partial charge in [0.1, 0.15) is 5.54 Å². The predicted molar refractivity (Wildman–Crippen MR) is 75.7 cm³/mol. The molecule has 0 amide bonds. The van der Waals surface area contributed by atoms with E-state index in [1.165, 1.54) is 13.5 Å². The fraction of sp³-hybridized carbons (Fsp3) is 0.929. The van der Waals surface area contributed by atoms with Crippen molar-refractivity contribution in [3.8, 4) is 0 Å². The molecule has 0 aliphatic carbocycles. The molecular weight excluding hydrogens is 228 g/mol. The highest BCUT2D eigenvalue weighted by molar-refractivity contribution is 5.80. The van der Waals surface area contributed by atoms with Crippen LogP contribution in [-0.2, 0) is 9.53 Å². The topological polar surface area (TPSA) is 41.6 Å². The van der Waals surface area contributed by atoms with Gasteiger partial charge in [0, 0.05) is 12.6 Å². The summed E-state index contributed by atoms with van der Waals surface area (Å²) in [6, 6.07) is 0.249. The van der Waals surface area contributed by atoms with E-state index in [-0.39, 0.29) is 12.0 Å². The molecule has 0 aromatic carbocycles. The Balaban J connectivity index is 4.69. The zero-order valence-corrected chi connectivity index (χ0v) is 12.9. The van der Waals surface area contributed by atoms with Gasteiger partial charge in [-0.25, -0.2) is 0 Å². The number of hydrogen-bond donors (Lipinski definition) is 1. The highest BCUT2D eigenvalue weighted by Gasteiger charge is 2.36. The summed E-state index contributed by atoms with van der Waals surface area (Å²) in [5.41, 5.74) is -0.632. The number of nitrogens with one attached hydrogen (secondary N) is 1. The van der Waals surface area contributed by atoms with Crippen LogP contribution in [0.25, 0.3) is 0 Å². The van der Waals surface area contributed by atoms with Gasteiger partial charge >= 0.3 is 5.97 Å². The summed E-state index contributed by atoms with van der Waals surface area (Å²) in [7, 11) is 1.45. The lowest BCUT2D eigenvalue weighted by Crippen LogP contribution is -2.59. The van der Waals surface area contributed by atoms with Gasteiger partial charge in [-0.2, -0.15) is 0 Å². The number of rotatable bonds is 9. The van der Waals surface area contributed by atoms with Crippen LogP contribution in [0.15, 0.2) is 0 Å². The van der Waals surface area contributed by atoms with Crippen LogP contribution in [0.3, 0.4) is 0 Å². The Bertz CT molecular complexity index is 244. The first-order valence-electron chi connectivity index (χ1n) is 6.98. The normalized spacial score (nSPS) is 14.9. The molecule has 0 spiro atoms. The second-order valence-electron chi connectivity index (χ2n) is 5.35. The smallest absolute Gasteiger partial charge is 0.327 e. The van der Waals surface area contributed by atoms with Crippen molar-refractivity contribution in [3.63, 3.8) is 0 Å². The van der Waals surface area contributed by atoms with Gasteiger partial charge in [-0.05, 0) is 40.3 Å². The van der Waals surface area contributed by atoms with Crippen LogP contribution in [0, 0.1) is 0 Å². The van der Waals surface area contributed by atoms with E-state index in [1.807, 2.05) is 20.8 Å². The molecule has 0 radical (unpaired) electrons. The average molecular weight is 258 g/mol. The lowest BCUT2D eigenvalue weighted by Gasteiger charge is -2.35. The second-order valence-corrected chi connectivity index (χ2v) is 5.35. The molecule has 0 aromatic heterocycles. The van der Waals surface area contributed by atoms with Gasteiger partial charge in [0.05, 0.1) is 7.11 Å². The van der Waals surface area contributed by atoms with Crippen LogP contribution >= 0.6 is 0 Å². The summed E-state index contributed by atoms with van der Waals surface area (Å²) in [5, 5.41) is 3.33. The van der Waals surface area contributed by atoms with Gasteiger partial charge in [0.25, 0.3) is 0 Å². The van der Waals surface area contributed by atoms with Crippen molar-refractivity contribution in [1.29, 1.82) is 0 Å². The SMILES string of the molecule is CCCCN(CC)CC(C)(NC(C)C)C(=O)OC. The molecule has 0 saturated heterocycles. The molecule has 0 bridgehead atoms. The molecule has 0 rings (SSSR count). The summed E-state index contributed by atoms with van der Waals surface area (Å²) >= 11 is 0. The number of carbonyl (C=O) groups is 1. The van der Waals surface area contributed by atoms with E-state index in [0.717, 1.165) is 19.5 Å². The van der Waals surface area contributed by atoms with Crippen LogP contribution in [-0.4, -0.2) is 49.2 Å². The van der Waals surface area contributed by atoms with Crippen molar-refractivity contribution < 1.29 is 9.53 Å². The van der Waals surface area contributed by atoms with Gasteiger partial charge in [0.2, 0.25) is 0 Å². The molecule has 1 unspecified atom stereocenters. The summed E-state index contributed by atoms with van der Waals surface area (Å²) in [6.07, 6.45) is 2.33. The number of nitrogens with zero attached hydrogens (tertiary/aromatic N) is 1. The molecule has 18 heavy (non-hydrogen) atoms. The Morgan fingerprint density at radius 3 is 2.39 bits per heavy atom. The number of esters is 1. The molecule has 0 aliphatic heterocycles. The minimum absolute atomic E-state index is 0.189. The number of hydrogen-bond acceptors (Lipinski definition) is 4. The van der Waals surface area contributed by atoms with Crippen LogP contribution in [0.5, 0.6) is 0 Å². The van der Waals surface area contributed by atoms with Crippen molar-refractivity contribution in [2.45, 2.75) is 59.0 Å². The number of unbranched alkanes of at least 4 members (excludes halogenated alkanes) is 1. The molecule has 1 N–H and O–H groups in total. The van der Waals surface area contributed by atoms with Crippen LogP contribution in [0.1, 0.15) is 47.5 Å². The van der Waals surface area contributed by atoms with Gasteiger partial charge in [-0.15, -0.1) is 0 Å². The quantitative estimate of drug-likeness (QED) is 0.643. The first kappa shape index (κ1) is 17.4. The van der Waals surface area contributed by atoms with Crippen molar-refractivity contribution in [2.24, 2.45) is 0 Å². The van der Waals surface area contributed by atoms with E-state index < -0.39 is 5.54 Å². The predicted octanol–water partition coefficient (Wildman–Crippen LogP) is 2.04. The second kappa shape index (κ2) is 8.48. The van der Waals surface area contributed by atoms with Crippen molar-refractivity contribution in [1.82, 2.24) is 10.2 Å². The minimum atomic E-state index is -0.632. The van der Waals surface area contributed by atoms with E-state index in [9.17, 15) is 4.79 Å². The number of ether oxygens (including phenoxy) is 1. The maximum atomic E-state index is 12.0. The fourth-order valence-corrected chi connectivity index (χ4v) is 2.21. The van der Waals surface area contributed by atoms with Gasteiger partial charge in [-0.3, -0.25) is 10.1 Å². The van der Waals surface area contributed by atoms with Gasteiger partial charge in [0.15, 0.2) is 0 Å². The Hall–Kier alpha value is -0.610. The van der Waals surface area contributed by atoms with E-state index >= 15 is 0 Å². The molecule has 1 atom stereocenters. The molecule has 0 aromatic rings. The van der Waals surface area contributed by atoms with Gasteiger partial charge in [-0.1, -0.05) is 20.3 Å². The Labute approximate surface area is 112 Å². The van der Waals surface area contributed by atoms with Crippen LogP contribution in [0.4, 0.5) is 0 Å². The van der Waals surface area contributed by atoms with Crippen molar-refractivity contribution in [3.05, 3.63) is 0 Å². The Kier molecular flexibility index (Phi) is 8.20. The van der Waals surface area contributed by atoms with E-state index in [2.05, 4.69) is 24.1 Å². The van der Waals surface area contributed by atoms with Crippen LogP contribution in [0.2, 0.25) is 0 Å². The molecule has 0 heterocycles. The third-order valence-corrected chi connectivity index (χ3v) is 3.06. The largest absolute Gasteiger partial charge is 0.468 e. The molecule has 108 valence electrons. The Morgan fingerprint density at radius 2 is 2.00 bits per heavy atom. The monoisotopic (exact) mass is 258 g/mol. The first-order valence-corrected chi connectivity index (χ1v) is 6.98. The summed E-state index contributed by atoms with van der Waals surface area (Å²) in [6.45, 7) is 13.0. The highest BCUT2D eigenvalue weighted by Crippen LogP contribution is 2.11. The van der Waals surface area contributed by atoms with Gasteiger partial charge < -0.3 is 9.64 Å². The molecular formula is C14H30N2O2. The number of methoxy groups -OCH3 is 1. The third kappa shape index (κ3) is 5.83. The zero-order valence-electron chi connectivity index (χ0n) is 12.9. The van der Waals surface area contributed by atoms with E-state index in [1.54, 1.807) is 0 Å². The molecule has 0 saturated carbocycles. The Morgan fingerprint density at radius 1 is 1.39 bits per heavy atom.